The van der Waals surface area contributed by atoms with Crippen molar-refractivity contribution in [2.24, 2.45) is 10.8 Å². The highest BCUT2D eigenvalue weighted by Crippen LogP contribution is 2.59. The molecule has 0 spiro atoms. The monoisotopic (exact) mass is 325 g/mol. The topological polar surface area (TPSA) is 98.1 Å². The van der Waals surface area contributed by atoms with E-state index in [9.17, 15) is 24.9 Å². The lowest BCUT2D eigenvalue weighted by Gasteiger charge is -2.44. The second-order valence-electron chi connectivity index (χ2n) is 7.76. The molecular weight excluding hydrogens is 298 g/mol. The molecule has 0 bridgehead atoms. The molecule has 3 fully saturated rings. The molecule has 0 radical (unpaired) electrons. The smallest absolute Gasteiger partial charge is 0.231 e. The SMILES string of the molecule is O=C1CCC(O)(C2(C(=O)N3CCC(CO)(CO)CC3)CC2)CC1. The second kappa shape index (κ2) is 5.83. The summed E-state index contributed by atoms with van der Waals surface area (Å²) in [5.41, 5.74) is -2.23. The number of aliphatic hydroxyl groups is 3. The molecule has 0 aromatic carbocycles. The fraction of sp³-hybridized carbons (Fsp3) is 0.882. The van der Waals surface area contributed by atoms with Gasteiger partial charge in [-0.3, -0.25) is 9.59 Å². The number of Topliss-reactive ketones (excluding diaryl/α,β-unsaturated/α-hetero) is 1. The number of carbonyl (C=O) groups excluding carboxylic acids is 2. The molecule has 23 heavy (non-hydrogen) atoms. The van der Waals surface area contributed by atoms with Gasteiger partial charge in [-0.05, 0) is 38.5 Å². The van der Waals surface area contributed by atoms with Gasteiger partial charge >= 0.3 is 0 Å². The minimum absolute atomic E-state index is 0.00108. The number of piperidine rings is 1. The largest absolute Gasteiger partial charge is 0.396 e. The molecule has 0 atom stereocenters. The van der Waals surface area contributed by atoms with Crippen LogP contribution in [0, 0.1) is 10.8 Å². The number of nitrogens with zero attached hydrogens (tertiary/aromatic N) is 1. The van der Waals surface area contributed by atoms with Gasteiger partial charge in [0.25, 0.3) is 0 Å². The van der Waals surface area contributed by atoms with Crippen molar-refractivity contribution in [1.82, 2.24) is 4.90 Å². The average molecular weight is 325 g/mol. The van der Waals surface area contributed by atoms with Crippen LogP contribution in [-0.2, 0) is 9.59 Å². The van der Waals surface area contributed by atoms with E-state index in [0.717, 1.165) is 0 Å². The summed E-state index contributed by atoms with van der Waals surface area (Å²) in [6.45, 7) is 0.888. The van der Waals surface area contributed by atoms with E-state index in [1.807, 2.05) is 0 Å². The van der Waals surface area contributed by atoms with Crippen LogP contribution in [0.25, 0.3) is 0 Å². The van der Waals surface area contributed by atoms with E-state index in [4.69, 9.17) is 0 Å². The Morgan fingerprint density at radius 3 is 1.91 bits per heavy atom. The Balaban J connectivity index is 1.68. The highest BCUT2D eigenvalue weighted by Gasteiger charge is 2.65. The molecule has 1 amide bonds. The molecule has 2 aliphatic carbocycles. The van der Waals surface area contributed by atoms with Gasteiger partial charge in [-0.15, -0.1) is 0 Å². The third-order valence-electron chi connectivity index (χ3n) is 6.47. The number of aliphatic hydroxyl groups excluding tert-OH is 2. The third-order valence-corrected chi connectivity index (χ3v) is 6.47. The van der Waals surface area contributed by atoms with Crippen LogP contribution in [0.5, 0.6) is 0 Å². The van der Waals surface area contributed by atoms with Crippen LogP contribution in [-0.4, -0.2) is 63.8 Å². The van der Waals surface area contributed by atoms with Crippen LogP contribution >= 0.6 is 0 Å². The van der Waals surface area contributed by atoms with Crippen LogP contribution in [0.2, 0.25) is 0 Å². The van der Waals surface area contributed by atoms with E-state index < -0.39 is 16.4 Å². The van der Waals surface area contributed by atoms with Gasteiger partial charge in [-0.1, -0.05) is 0 Å². The molecule has 0 unspecified atom stereocenters. The van der Waals surface area contributed by atoms with Gasteiger partial charge in [0.1, 0.15) is 5.78 Å². The van der Waals surface area contributed by atoms with E-state index in [-0.39, 0.29) is 24.9 Å². The number of hydrogen-bond donors (Lipinski definition) is 3. The lowest BCUT2D eigenvalue weighted by molar-refractivity contribution is -0.158. The summed E-state index contributed by atoms with van der Waals surface area (Å²) in [7, 11) is 0. The Morgan fingerprint density at radius 2 is 1.48 bits per heavy atom. The number of ketones is 1. The molecule has 3 N–H and O–H groups in total. The molecule has 1 aliphatic heterocycles. The molecule has 0 aromatic rings. The summed E-state index contributed by atoms with van der Waals surface area (Å²) in [5.74, 6) is 0.172. The molecule has 6 nitrogen and oxygen atoms in total. The minimum atomic E-state index is -1.04. The second-order valence-corrected chi connectivity index (χ2v) is 7.76. The Hall–Kier alpha value is -0.980. The lowest BCUT2D eigenvalue weighted by atomic mass is 9.71. The van der Waals surface area contributed by atoms with Crippen molar-refractivity contribution in [3.63, 3.8) is 0 Å². The predicted molar refractivity (Wildman–Crippen MR) is 82.5 cm³/mol. The van der Waals surface area contributed by atoms with Crippen molar-refractivity contribution < 1.29 is 24.9 Å². The van der Waals surface area contributed by atoms with Crippen LogP contribution in [0.1, 0.15) is 51.4 Å². The van der Waals surface area contributed by atoms with Crippen LogP contribution in [0.15, 0.2) is 0 Å². The Bertz CT molecular complexity index is 475. The molecule has 130 valence electrons. The fourth-order valence-electron chi connectivity index (χ4n) is 4.28. The zero-order chi connectivity index (χ0) is 16.7. The maximum absolute atomic E-state index is 13.0. The molecule has 3 aliphatic rings. The molecule has 6 heteroatoms. The minimum Gasteiger partial charge on any atom is -0.396 e. The Labute approximate surface area is 136 Å². The van der Waals surface area contributed by atoms with Gasteiger partial charge < -0.3 is 20.2 Å². The molecular formula is C17H27NO5. The quantitative estimate of drug-likeness (QED) is 0.687. The van der Waals surface area contributed by atoms with E-state index >= 15 is 0 Å². The predicted octanol–water partition coefficient (Wildman–Crippen LogP) is 0.234. The van der Waals surface area contributed by atoms with Crippen LogP contribution < -0.4 is 0 Å². The summed E-state index contributed by atoms with van der Waals surface area (Å²) in [6, 6.07) is 0. The molecule has 1 heterocycles. The fourth-order valence-corrected chi connectivity index (χ4v) is 4.28. The zero-order valence-electron chi connectivity index (χ0n) is 13.6. The van der Waals surface area contributed by atoms with Crippen molar-refractivity contribution in [2.75, 3.05) is 26.3 Å². The number of likely N-dealkylation sites (tertiary alicyclic amines) is 1. The van der Waals surface area contributed by atoms with Gasteiger partial charge in [0.05, 0.1) is 24.2 Å². The number of carbonyl (C=O) groups is 2. The van der Waals surface area contributed by atoms with Gasteiger partial charge in [0.2, 0.25) is 5.91 Å². The Morgan fingerprint density at radius 1 is 0.957 bits per heavy atom. The maximum Gasteiger partial charge on any atom is 0.231 e. The summed E-state index contributed by atoms with van der Waals surface area (Å²) < 4.78 is 0. The van der Waals surface area contributed by atoms with Crippen molar-refractivity contribution >= 4 is 11.7 Å². The summed E-state index contributed by atoms with van der Waals surface area (Å²) >= 11 is 0. The molecule has 1 saturated heterocycles. The maximum atomic E-state index is 13.0. The van der Waals surface area contributed by atoms with Crippen LogP contribution in [0.3, 0.4) is 0 Å². The molecule has 0 aromatic heterocycles. The van der Waals surface area contributed by atoms with E-state index in [0.29, 0.717) is 64.5 Å². The lowest BCUT2D eigenvalue weighted by Crippen LogP contribution is -2.55. The van der Waals surface area contributed by atoms with Crippen molar-refractivity contribution in [2.45, 2.75) is 57.0 Å². The van der Waals surface area contributed by atoms with E-state index in [2.05, 4.69) is 0 Å². The summed E-state index contributed by atoms with van der Waals surface area (Å²) in [5, 5.41) is 29.9. The number of amides is 1. The van der Waals surface area contributed by atoms with E-state index in [1.165, 1.54) is 0 Å². The van der Waals surface area contributed by atoms with Gasteiger partial charge in [0.15, 0.2) is 0 Å². The van der Waals surface area contributed by atoms with Gasteiger partial charge in [-0.25, -0.2) is 0 Å². The first-order valence-electron chi connectivity index (χ1n) is 8.66. The van der Waals surface area contributed by atoms with Crippen molar-refractivity contribution in [3.05, 3.63) is 0 Å². The molecule has 2 saturated carbocycles. The zero-order valence-corrected chi connectivity index (χ0v) is 13.6. The van der Waals surface area contributed by atoms with Crippen molar-refractivity contribution in [3.8, 4) is 0 Å². The van der Waals surface area contributed by atoms with Gasteiger partial charge in [-0.2, -0.15) is 0 Å². The normalized spacial score (nSPS) is 28.5. The first-order chi connectivity index (χ1) is 10.9. The highest BCUT2D eigenvalue weighted by molar-refractivity contribution is 5.88. The van der Waals surface area contributed by atoms with Crippen molar-refractivity contribution in [1.29, 1.82) is 0 Å². The van der Waals surface area contributed by atoms with Crippen LogP contribution in [0.4, 0.5) is 0 Å². The third kappa shape index (κ3) is 2.71. The van der Waals surface area contributed by atoms with Gasteiger partial charge in [0, 0.05) is 31.3 Å². The number of hydrogen-bond acceptors (Lipinski definition) is 5. The average Bonchev–Trinajstić information content (AvgIpc) is 3.39. The number of rotatable bonds is 4. The summed E-state index contributed by atoms with van der Waals surface area (Å²) in [6.07, 6.45) is 4.06. The standard InChI is InChI=1S/C17H27NO5/c19-11-15(12-20)7-9-18(10-8-15)14(22)16(5-6-16)17(23)3-1-13(21)2-4-17/h19-20,23H,1-12H2. The first-order valence-corrected chi connectivity index (χ1v) is 8.66. The Kier molecular flexibility index (Phi) is 4.27. The highest BCUT2D eigenvalue weighted by atomic mass is 16.3. The summed E-state index contributed by atoms with van der Waals surface area (Å²) in [4.78, 5) is 26.2. The molecule has 3 rings (SSSR count). The first kappa shape index (κ1) is 16.9. The van der Waals surface area contributed by atoms with E-state index in [1.54, 1.807) is 4.90 Å².